The molecule has 2 aliphatic heterocycles. The van der Waals surface area contributed by atoms with Crippen molar-refractivity contribution >= 4 is 37.5 Å². The first-order valence-electron chi connectivity index (χ1n) is 12.4. The van der Waals surface area contributed by atoms with Crippen molar-refractivity contribution in [2.75, 3.05) is 40.3 Å². The summed E-state index contributed by atoms with van der Waals surface area (Å²) in [6.07, 6.45) is 1.94. The minimum absolute atomic E-state index is 0.0249. The summed E-state index contributed by atoms with van der Waals surface area (Å²) >= 11 is 1.05. The van der Waals surface area contributed by atoms with Crippen molar-refractivity contribution in [2.45, 2.75) is 42.2 Å². The summed E-state index contributed by atoms with van der Waals surface area (Å²) in [5.41, 5.74) is 3.94. The molecular formula is C24H31N5O7S3. The second-order valence-corrected chi connectivity index (χ2v) is 14.7. The lowest BCUT2D eigenvalue weighted by Gasteiger charge is -2.39. The van der Waals surface area contributed by atoms with Gasteiger partial charge in [0.1, 0.15) is 10.3 Å². The molecule has 1 aromatic carbocycles. The van der Waals surface area contributed by atoms with E-state index in [0.29, 0.717) is 17.9 Å². The van der Waals surface area contributed by atoms with Gasteiger partial charge in [-0.25, -0.2) is 18.7 Å². The van der Waals surface area contributed by atoms with Crippen molar-refractivity contribution in [3.8, 4) is 16.5 Å². The highest BCUT2D eigenvalue weighted by molar-refractivity contribution is 7.91. The van der Waals surface area contributed by atoms with Crippen molar-refractivity contribution < 1.29 is 31.2 Å². The largest absolute Gasteiger partial charge is 0.350 e. The Morgan fingerprint density at radius 1 is 1.15 bits per heavy atom. The minimum Gasteiger partial charge on any atom is -0.350 e. The maximum Gasteiger partial charge on any atom is 0.281 e. The molecule has 4 rings (SSSR count). The third-order valence-electron chi connectivity index (χ3n) is 6.48. The lowest BCUT2D eigenvalue weighted by atomic mass is 10.1. The summed E-state index contributed by atoms with van der Waals surface area (Å²) in [6, 6.07) is 11.1. The molecule has 0 aliphatic carbocycles. The Kier molecular flexibility index (Phi) is 9.40. The Hall–Kier alpha value is -2.42. The number of rotatable bonds is 9. The lowest BCUT2D eigenvalue weighted by Crippen LogP contribution is -2.62. The van der Waals surface area contributed by atoms with E-state index in [9.17, 15) is 21.6 Å². The quantitative estimate of drug-likeness (QED) is 0.428. The molecule has 2 atom stereocenters. The number of hydroxylamine groups is 1. The van der Waals surface area contributed by atoms with Crippen LogP contribution in [0.4, 0.5) is 0 Å². The van der Waals surface area contributed by atoms with E-state index >= 15 is 0 Å². The number of carbonyl (C=O) groups is 1. The average molecular weight is 598 g/mol. The van der Waals surface area contributed by atoms with Crippen molar-refractivity contribution in [1.82, 2.24) is 18.4 Å². The molecule has 212 valence electrons. The molecule has 1 unspecified atom stereocenters. The molecule has 0 spiro atoms. The van der Waals surface area contributed by atoms with E-state index in [1.807, 2.05) is 24.3 Å². The minimum atomic E-state index is -4.17. The Labute approximate surface area is 232 Å². The zero-order chi connectivity index (χ0) is 28.2. The van der Waals surface area contributed by atoms with Crippen LogP contribution in [0.2, 0.25) is 0 Å². The van der Waals surface area contributed by atoms with Crippen molar-refractivity contribution in [3.63, 3.8) is 0 Å². The number of ether oxygens (including phenoxy) is 1. The first-order valence-corrected chi connectivity index (χ1v) is 16.0. The molecule has 12 nitrogen and oxygen atoms in total. The van der Waals surface area contributed by atoms with Gasteiger partial charge in [-0.1, -0.05) is 24.3 Å². The number of sulfonamides is 1. The van der Waals surface area contributed by atoms with Gasteiger partial charge in [0, 0.05) is 51.6 Å². The number of carbonyl (C=O) groups excluding carboxylic acids is 1. The predicted octanol–water partition coefficient (Wildman–Crippen LogP) is 1.54. The van der Waals surface area contributed by atoms with Crippen LogP contribution >= 0.6 is 11.3 Å². The number of thiophene rings is 1. The summed E-state index contributed by atoms with van der Waals surface area (Å²) in [5.74, 6) is -0.781. The average Bonchev–Trinajstić information content (AvgIpc) is 3.44. The first kappa shape index (κ1) is 29.6. The number of benzene rings is 1. The van der Waals surface area contributed by atoms with Gasteiger partial charge in [-0.05, 0) is 36.1 Å². The molecule has 1 amide bonds. The highest BCUT2D eigenvalue weighted by Crippen LogP contribution is 2.34. The van der Waals surface area contributed by atoms with Crippen LogP contribution in [0.5, 0.6) is 0 Å². The van der Waals surface area contributed by atoms with Crippen LogP contribution in [0.1, 0.15) is 24.8 Å². The third-order valence-corrected chi connectivity index (χ3v) is 11.9. The summed E-state index contributed by atoms with van der Waals surface area (Å²) in [5, 5.41) is 8.87. The van der Waals surface area contributed by atoms with E-state index in [-0.39, 0.29) is 30.3 Å². The molecule has 1 aromatic heterocycles. The van der Waals surface area contributed by atoms with Gasteiger partial charge in [0.05, 0.1) is 12.5 Å². The molecule has 2 saturated heterocycles. The monoisotopic (exact) mass is 597 g/mol. The third kappa shape index (κ3) is 6.67. The summed E-state index contributed by atoms with van der Waals surface area (Å²) in [7, 11) is -5.32. The van der Waals surface area contributed by atoms with E-state index in [2.05, 4.69) is 11.5 Å². The lowest BCUT2D eigenvalue weighted by molar-refractivity contribution is -0.202. The fraction of sp³-hybridized carbons (Fsp3) is 0.500. The van der Waals surface area contributed by atoms with Gasteiger partial charge < -0.3 is 4.74 Å². The molecule has 3 heterocycles. The Morgan fingerprint density at radius 2 is 1.90 bits per heavy atom. The molecule has 0 saturated carbocycles. The van der Waals surface area contributed by atoms with Crippen LogP contribution in [0, 0.1) is 11.3 Å². The molecule has 2 aliphatic rings. The SMILES string of the molecule is CN(C)S(=O)(=O)N1CCN(S(=O)(=O)c2ccc(-c3ccc(CC#N)cc3)s2)[C@@H](C(=O)NOC2CCCCO2)C1. The highest BCUT2D eigenvalue weighted by Gasteiger charge is 2.44. The van der Waals surface area contributed by atoms with E-state index in [0.717, 1.165) is 48.2 Å². The van der Waals surface area contributed by atoms with E-state index in [1.165, 1.54) is 20.2 Å². The number of piperazine rings is 1. The highest BCUT2D eigenvalue weighted by atomic mass is 32.2. The molecular weight excluding hydrogens is 566 g/mol. The fourth-order valence-electron chi connectivity index (χ4n) is 4.29. The Bertz CT molecular complexity index is 1410. The maximum atomic E-state index is 13.8. The van der Waals surface area contributed by atoms with Gasteiger partial charge in [-0.3, -0.25) is 4.79 Å². The number of hydrogen-bond acceptors (Lipinski definition) is 9. The van der Waals surface area contributed by atoms with Gasteiger partial charge in [-0.15, -0.1) is 11.3 Å². The molecule has 2 fully saturated rings. The zero-order valence-corrected chi connectivity index (χ0v) is 24.1. The standard InChI is InChI=1S/C24H31N5O7S3/c1-27(2)39(33,34)28-14-15-29(20(17-28)24(30)26-36-22-5-3-4-16-35-22)38(31,32)23-11-10-21(37-23)19-8-6-18(7-9-19)12-13-25/h6-11,20,22H,3-5,12,14-17H2,1-2H3,(H,26,30)/t20-,22?/m1/s1. The van der Waals surface area contributed by atoms with E-state index in [1.54, 1.807) is 6.07 Å². The van der Waals surface area contributed by atoms with Crippen molar-refractivity contribution in [1.29, 1.82) is 5.26 Å². The van der Waals surface area contributed by atoms with E-state index < -0.39 is 38.5 Å². The number of amides is 1. The van der Waals surface area contributed by atoms with Gasteiger partial charge in [0.15, 0.2) is 6.29 Å². The van der Waals surface area contributed by atoms with Crippen LogP contribution in [0.25, 0.3) is 10.4 Å². The fourth-order valence-corrected chi connectivity index (χ4v) is 8.40. The molecule has 15 heteroatoms. The number of nitrogens with zero attached hydrogens (tertiary/aromatic N) is 4. The van der Waals surface area contributed by atoms with Gasteiger partial charge in [0.25, 0.3) is 26.1 Å². The van der Waals surface area contributed by atoms with Gasteiger partial charge in [-0.2, -0.15) is 26.6 Å². The van der Waals surface area contributed by atoms with Crippen LogP contribution < -0.4 is 5.48 Å². The first-order chi connectivity index (χ1) is 18.5. The summed E-state index contributed by atoms with van der Waals surface area (Å²) in [6.45, 7) is -0.224. The second-order valence-electron chi connectivity index (χ2n) is 9.31. The molecule has 0 radical (unpaired) electrons. The number of nitrogens with one attached hydrogen (secondary N) is 1. The summed E-state index contributed by atoms with van der Waals surface area (Å²) in [4.78, 5) is 19.3. The van der Waals surface area contributed by atoms with Crippen molar-refractivity contribution in [2.24, 2.45) is 0 Å². The Morgan fingerprint density at radius 3 is 2.54 bits per heavy atom. The molecule has 39 heavy (non-hydrogen) atoms. The topological polar surface area (TPSA) is 149 Å². The smallest absolute Gasteiger partial charge is 0.281 e. The van der Waals surface area contributed by atoms with Crippen molar-refractivity contribution in [3.05, 3.63) is 42.0 Å². The molecule has 2 aromatic rings. The van der Waals surface area contributed by atoms with Crippen LogP contribution in [0.3, 0.4) is 0 Å². The maximum absolute atomic E-state index is 13.8. The van der Waals surface area contributed by atoms with Gasteiger partial charge in [0.2, 0.25) is 0 Å². The second kappa shape index (κ2) is 12.4. The number of hydrogen-bond donors (Lipinski definition) is 1. The summed E-state index contributed by atoms with van der Waals surface area (Å²) < 4.78 is 61.7. The molecule has 1 N–H and O–H groups in total. The normalized spacial score (nSPS) is 21.5. The van der Waals surface area contributed by atoms with Crippen LogP contribution in [-0.4, -0.2) is 88.3 Å². The van der Waals surface area contributed by atoms with Crippen LogP contribution in [0.15, 0.2) is 40.6 Å². The zero-order valence-electron chi connectivity index (χ0n) is 21.6. The molecule has 0 bridgehead atoms. The van der Waals surface area contributed by atoms with E-state index in [4.69, 9.17) is 14.8 Å². The predicted molar refractivity (Wildman–Crippen MR) is 144 cm³/mol. The van der Waals surface area contributed by atoms with Gasteiger partial charge >= 0.3 is 0 Å². The number of nitriles is 1. The Balaban J connectivity index is 1.58. The van der Waals surface area contributed by atoms with Crippen LogP contribution in [-0.2, 0) is 41.0 Å².